The van der Waals surface area contributed by atoms with E-state index in [-0.39, 0.29) is 18.1 Å². The van der Waals surface area contributed by atoms with Gasteiger partial charge < -0.3 is 20.5 Å². The molecule has 0 aliphatic carbocycles. The summed E-state index contributed by atoms with van der Waals surface area (Å²) in [5, 5.41) is 3.15. The predicted molar refractivity (Wildman–Crippen MR) is 58.6 cm³/mol. The molecular formula is C10H22N2O3. The summed E-state index contributed by atoms with van der Waals surface area (Å²) in [5.74, 6) is -0.203. The molecule has 0 saturated carbocycles. The number of nitrogens with one attached hydrogen (secondary N) is 1. The number of hydrogen-bond acceptors (Lipinski definition) is 5. The van der Waals surface area contributed by atoms with Crippen LogP contribution in [-0.4, -0.2) is 44.9 Å². The minimum Gasteiger partial charge on any atom is -0.469 e. The second-order valence-electron chi connectivity index (χ2n) is 3.70. The van der Waals surface area contributed by atoms with Gasteiger partial charge in [-0.1, -0.05) is 0 Å². The van der Waals surface area contributed by atoms with Crippen molar-refractivity contribution in [1.82, 2.24) is 5.32 Å². The minimum absolute atomic E-state index is 0.0623. The van der Waals surface area contributed by atoms with E-state index in [0.29, 0.717) is 26.2 Å². The molecule has 0 bridgehead atoms. The van der Waals surface area contributed by atoms with Crippen LogP contribution < -0.4 is 11.1 Å². The maximum atomic E-state index is 10.8. The molecule has 0 radical (unpaired) electrons. The average Bonchev–Trinajstić information content (AvgIpc) is 2.17. The molecule has 0 spiro atoms. The summed E-state index contributed by atoms with van der Waals surface area (Å²) in [6, 6.07) is 0.278. The van der Waals surface area contributed by atoms with Crippen LogP contribution in [0.5, 0.6) is 0 Å². The van der Waals surface area contributed by atoms with E-state index < -0.39 is 0 Å². The fourth-order valence-corrected chi connectivity index (χ4v) is 1.01. The van der Waals surface area contributed by atoms with Gasteiger partial charge in [0.1, 0.15) is 0 Å². The molecule has 2 atom stereocenters. The minimum atomic E-state index is -0.203. The summed E-state index contributed by atoms with van der Waals surface area (Å²) in [6.45, 7) is 5.66. The third-order valence-electron chi connectivity index (χ3n) is 1.80. The van der Waals surface area contributed by atoms with Crippen LogP contribution in [0.15, 0.2) is 0 Å². The summed E-state index contributed by atoms with van der Waals surface area (Å²) in [7, 11) is 1.39. The quantitative estimate of drug-likeness (QED) is 0.556. The molecule has 3 N–H and O–H groups in total. The lowest BCUT2D eigenvalue weighted by Crippen LogP contribution is -2.34. The third kappa shape index (κ3) is 9.65. The van der Waals surface area contributed by atoms with Gasteiger partial charge in [0.15, 0.2) is 0 Å². The first-order chi connectivity index (χ1) is 7.06. The molecule has 0 saturated heterocycles. The van der Waals surface area contributed by atoms with Crippen LogP contribution in [0.3, 0.4) is 0 Å². The molecule has 0 aliphatic heterocycles. The zero-order valence-corrected chi connectivity index (χ0v) is 9.79. The number of carbonyl (C=O) groups is 1. The Morgan fingerprint density at radius 1 is 1.40 bits per heavy atom. The Balaban J connectivity index is 3.33. The molecule has 0 rings (SSSR count). The molecule has 0 amide bonds. The lowest BCUT2D eigenvalue weighted by atomic mass is 10.3. The second-order valence-corrected chi connectivity index (χ2v) is 3.70. The zero-order valence-electron chi connectivity index (χ0n) is 9.79. The van der Waals surface area contributed by atoms with Gasteiger partial charge in [0.25, 0.3) is 0 Å². The van der Waals surface area contributed by atoms with E-state index in [4.69, 9.17) is 10.5 Å². The smallest absolute Gasteiger partial charge is 0.306 e. The first-order valence-electron chi connectivity index (χ1n) is 5.19. The normalized spacial score (nSPS) is 14.7. The van der Waals surface area contributed by atoms with E-state index in [1.165, 1.54) is 7.11 Å². The van der Waals surface area contributed by atoms with Crippen LogP contribution >= 0.6 is 0 Å². The van der Waals surface area contributed by atoms with Crippen molar-refractivity contribution in [2.24, 2.45) is 5.73 Å². The molecule has 90 valence electrons. The zero-order chi connectivity index (χ0) is 11.7. The average molecular weight is 218 g/mol. The highest BCUT2D eigenvalue weighted by Gasteiger charge is 2.04. The van der Waals surface area contributed by atoms with E-state index in [9.17, 15) is 4.79 Å². The molecule has 5 heteroatoms. The van der Waals surface area contributed by atoms with Crippen molar-refractivity contribution >= 4 is 5.97 Å². The van der Waals surface area contributed by atoms with E-state index in [0.717, 1.165) is 0 Å². The third-order valence-corrected chi connectivity index (χ3v) is 1.80. The van der Waals surface area contributed by atoms with Crippen molar-refractivity contribution in [3.05, 3.63) is 0 Å². The molecule has 5 nitrogen and oxygen atoms in total. The maximum absolute atomic E-state index is 10.8. The van der Waals surface area contributed by atoms with Gasteiger partial charge in [-0.15, -0.1) is 0 Å². The molecule has 0 aromatic rings. The molecule has 2 unspecified atom stereocenters. The van der Waals surface area contributed by atoms with Crippen LogP contribution in [0.1, 0.15) is 20.3 Å². The van der Waals surface area contributed by atoms with Crippen LogP contribution in [0.25, 0.3) is 0 Å². The first kappa shape index (κ1) is 14.3. The Morgan fingerprint density at radius 3 is 2.60 bits per heavy atom. The first-order valence-corrected chi connectivity index (χ1v) is 5.19. The predicted octanol–water partition coefficient (Wildman–Crippen LogP) is -0.109. The highest BCUT2D eigenvalue weighted by atomic mass is 16.5. The SMILES string of the molecule is COC(=O)CCNC(C)COCC(C)N. The van der Waals surface area contributed by atoms with Gasteiger partial charge in [0, 0.05) is 18.6 Å². The van der Waals surface area contributed by atoms with Gasteiger partial charge in [-0.25, -0.2) is 0 Å². The highest BCUT2D eigenvalue weighted by Crippen LogP contribution is 1.88. The number of methoxy groups -OCH3 is 1. The molecule has 0 aromatic carbocycles. The van der Waals surface area contributed by atoms with Crippen LogP contribution in [0.2, 0.25) is 0 Å². The summed E-state index contributed by atoms with van der Waals surface area (Å²) >= 11 is 0. The van der Waals surface area contributed by atoms with Gasteiger partial charge in [-0.05, 0) is 13.8 Å². The Labute approximate surface area is 91.3 Å². The van der Waals surface area contributed by atoms with Gasteiger partial charge in [0.05, 0.1) is 26.7 Å². The Bertz CT molecular complexity index is 174. The topological polar surface area (TPSA) is 73.6 Å². The molecule has 0 aromatic heterocycles. The van der Waals surface area contributed by atoms with Gasteiger partial charge in [-0.2, -0.15) is 0 Å². The largest absolute Gasteiger partial charge is 0.469 e. The van der Waals surface area contributed by atoms with Crippen molar-refractivity contribution < 1.29 is 14.3 Å². The highest BCUT2D eigenvalue weighted by molar-refractivity contribution is 5.69. The fraction of sp³-hybridized carbons (Fsp3) is 0.900. The van der Waals surface area contributed by atoms with E-state index in [2.05, 4.69) is 10.1 Å². The fourth-order valence-electron chi connectivity index (χ4n) is 1.01. The lowest BCUT2D eigenvalue weighted by Gasteiger charge is -2.14. The summed E-state index contributed by atoms with van der Waals surface area (Å²) in [5.41, 5.74) is 5.53. The van der Waals surface area contributed by atoms with Crippen LogP contribution in [0.4, 0.5) is 0 Å². The Hall–Kier alpha value is -0.650. The number of esters is 1. The van der Waals surface area contributed by atoms with Gasteiger partial charge in [-0.3, -0.25) is 4.79 Å². The maximum Gasteiger partial charge on any atom is 0.306 e. The number of rotatable bonds is 8. The summed E-state index contributed by atoms with van der Waals surface area (Å²) < 4.78 is 9.85. The Morgan fingerprint density at radius 2 is 2.07 bits per heavy atom. The molecule has 15 heavy (non-hydrogen) atoms. The number of ether oxygens (including phenoxy) is 2. The second kappa shape index (κ2) is 8.64. The summed E-state index contributed by atoms with van der Waals surface area (Å²) in [6.07, 6.45) is 0.383. The van der Waals surface area contributed by atoms with E-state index in [1.807, 2.05) is 13.8 Å². The summed E-state index contributed by atoms with van der Waals surface area (Å²) in [4.78, 5) is 10.8. The van der Waals surface area contributed by atoms with Crippen molar-refractivity contribution in [2.45, 2.75) is 32.4 Å². The number of nitrogens with two attached hydrogens (primary N) is 1. The molecule has 0 aliphatic rings. The number of hydrogen-bond donors (Lipinski definition) is 2. The monoisotopic (exact) mass is 218 g/mol. The Kier molecular flexibility index (Phi) is 8.27. The number of carbonyl (C=O) groups excluding carboxylic acids is 1. The van der Waals surface area contributed by atoms with Crippen molar-refractivity contribution in [2.75, 3.05) is 26.9 Å². The molecule has 0 fully saturated rings. The van der Waals surface area contributed by atoms with Crippen molar-refractivity contribution in [3.8, 4) is 0 Å². The standard InChI is InChI=1S/C10H22N2O3/c1-8(11)6-15-7-9(2)12-5-4-10(13)14-3/h8-9,12H,4-7,11H2,1-3H3. The van der Waals surface area contributed by atoms with Crippen LogP contribution in [0, 0.1) is 0 Å². The van der Waals surface area contributed by atoms with Crippen molar-refractivity contribution in [1.29, 1.82) is 0 Å². The lowest BCUT2D eigenvalue weighted by molar-refractivity contribution is -0.140. The van der Waals surface area contributed by atoms with Gasteiger partial charge >= 0.3 is 5.97 Å². The van der Waals surface area contributed by atoms with E-state index >= 15 is 0 Å². The van der Waals surface area contributed by atoms with Gasteiger partial charge in [0.2, 0.25) is 0 Å². The van der Waals surface area contributed by atoms with Crippen LogP contribution in [-0.2, 0) is 14.3 Å². The molecule has 0 heterocycles. The van der Waals surface area contributed by atoms with Crippen molar-refractivity contribution in [3.63, 3.8) is 0 Å². The molecular weight excluding hydrogens is 196 g/mol. The van der Waals surface area contributed by atoms with E-state index in [1.54, 1.807) is 0 Å².